The lowest BCUT2D eigenvalue weighted by molar-refractivity contribution is -0.130. The van der Waals surface area contributed by atoms with E-state index in [1.165, 1.54) is 11.3 Å². The predicted octanol–water partition coefficient (Wildman–Crippen LogP) is 5.72. The first kappa shape index (κ1) is 21.6. The summed E-state index contributed by atoms with van der Waals surface area (Å²) < 4.78 is 18.3. The summed E-state index contributed by atoms with van der Waals surface area (Å²) in [5.74, 6) is 1.53. The third-order valence-electron chi connectivity index (χ3n) is 5.43. The van der Waals surface area contributed by atoms with E-state index in [1.54, 1.807) is 30.2 Å². The lowest BCUT2D eigenvalue weighted by Gasteiger charge is -2.33. The Hall–Kier alpha value is -3.29. The maximum absolute atomic E-state index is 13.9. The van der Waals surface area contributed by atoms with Gasteiger partial charge in [-0.25, -0.2) is 4.98 Å². The summed E-state index contributed by atoms with van der Waals surface area (Å²) in [6.07, 6.45) is -1.30. The summed E-state index contributed by atoms with van der Waals surface area (Å²) in [4.78, 5) is 20.2. The molecule has 1 amide bonds. The van der Waals surface area contributed by atoms with E-state index >= 15 is 0 Å². The van der Waals surface area contributed by atoms with Crippen LogP contribution in [-0.4, -0.2) is 30.2 Å². The van der Waals surface area contributed by atoms with Crippen molar-refractivity contribution in [2.45, 2.75) is 25.7 Å². The molecule has 33 heavy (non-hydrogen) atoms. The number of ether oxygens (including phenoxy) is 3. The molecule has 0 N–H and O–H groups in total. The SMILES string of the molecule is COc1ccc(Cl)c2sc(N(Cc3ccccc3)C(=O)C3Oc4ccccc4OC3C)nc12. The van der Waals surface area contributed by atoms with Crippen LogP contribution in [0.25, 0.3) is 10.2 Å². The summed E-state index contributed by atoms with van der Waals surface area (Å²) in [7, 11) is 1.58. The molecule has 2 unspecified atom stereocenters. The highest BCUT2D eigenvalue weighted by atomic mass is 35.5. The zero-order valence-electron chi connectivity index (χ0n) is 18.0. The minimum atomic E-state index is -0.826. The van der Waals surface area contributed by atoms with Gasteiger partial charge in [-0.3, -0.25) is 9.69 Å². The predicted molar refractivity (Wildman–Crippen MR) is 130 cm³/mol. The number of carbonyl (C=O) groups excluding carboxylic acids is 1. The number of para-hydroxylation sites is 2. The molecule has 4 aromatic rings. The van der Waals surface area contributed by atoms with Crippen molar-refractivity contribution < 1.29 is 19.0 Å². The van der Waals surface area contributed by atoms with E-state index < -0.39 is 12.2 Å². The molecular weight excluding hydrogens is 460 g/mol. The second-order valence-corrected chi connectivity index (χ2v) is 9.03. The maximum Gasteiger partial charge on any atom is 0.274 e. The molecule has 1 aliphatic heterocycles. The van der Waals surface area contributed by atoms with Gasteiger partial charge in [-0.2, -0.15) is 0 Å². The number of fused-ring (bicyclic) bond motifs is 2. The second kappa shape index (κ2) is 8.92. The summed E-state index contributed by atoms with van der Waals surface area (Å²) in [5, 5.41) is 1.07. The van der Waals surface area contributed by atoms with Crippen LogP contribution in [0.15, 0.2) is 66.7 Å². The fourth-order valence-electron chi connectivity index (χ4n) is 3.77. The van der Waals surface area contributed by atoms with Crippen molar-refractivity contribution in [1.82, 2.24) is 4.98 Å². The molecule has 0 bridgehead atoms. The summed E-state index contributed by atoms with van der Waals surface area (Å²) >= 11 is 7.78. The molecule has 3 aromatic carbocycles. The van der Waals surface area contributed by atoms with Crippen LogP contribution in [-0.2, 0) is 11.3 Å². The standard InChI is InChI=1S/C25H21ClN2O4S/c1-15-22(32-19-11-7-6-10-18(19)31-15)24(29)28(14-16-8-4-3-5-9-16)25-27-21-20(30-2)13-12-17(26)23(21)33-25/h3-13,15,22H,14H2,1-2H3. The fourth-order valence-corrected chi connectivity index (χ4v) is 5.03. The Morgan fingerprint density at radius 2 is 1.76 bits per heavy atom. The highest BCUT2D eigenvalue weighted by Crippen LogP contribution is 2.40. The molecule has 0 saturated carbocycles. The molecule has 0 fully saturated rings. The maximum atomic E-state index is 13.9. The van der Waals surface area contributed by atoms with Gasteiger partial charge in [-0.15, -0.1) is 0 Å². The smallest absolute Gasteiger partial charge is 0.274 e. The molecule has 0 aliphatic carbocycles. The lowest BCUT2D eigenvalue weighted by Crippen LogP contribution is -2.50. The number of hydrogen-bond acceptors (Lipinski definition) is 6. The Kier molecular flexibility index (Phi) is 5.83. The van der Waals surface area contributed by atoms with E-state index in [9.17, 15) is 4.79 Å². The van der Waals surface area contributed by atoms with Crippen LogP contribution >= 0.6 is 22.9 Å². The zero-order valence-corrected chi connectivity index (χ0v) is 19.6. The van der Waals surface area contributed by atoms with Crippen LogP contribution in [0, 0.1) is 0 Å². The fraction of sp³-hybridized carbons (Fsp3) is 0.200. The number of nitrogens with zero attached hydrogens (tertiary/aromatic N) is 2. The number of anilines is 1. The number of methoxy groups -OCH3 is 1. The van der Waals surface area contributed by atoms with Crippen LogP contribution in [0.5, 0.6) is 17.2 Å². The largest absolute Gasteiger partial charge is 0.494 e. The van der Waals surface area contributed by atoms with Gasteiger partial charge in [0.05, 0.1) is 23.4 Å². The Labute approximate surface area is 200 Å². The van der Waals surface area contributed by atoms with Crippen LogP contribution in [0.2, 0.25) is 5.02 Å². The molecule has 6 nitrogen and oxygen atoms in total. The normalized spacial score (nSPS) is 17.1. The molecule has 1 aromatic heterocycles. The van der Waals surface area contributed by atoms with E-state index in [0.29, 0.717) is 39.5 Å². The van der Waals surface area contributed by atoms with Crippen molar-refractivity contribution in [1.29, 1.82) is 0 Å². The molecule has 0 radical (unpaired) electrons. The zero-order chi connectivity index (χ0) is 22.9. The van der Waals surface area contributed by atoms with Gasteiger partial charge in [0.2, 0.25) is 6.10 Å². The molecule has 5 rings (SSSR count). The molecule has 2 atom stereocenters. The van der Waals surface area contributed by atoms with Gasteiger partial charge in [0.1, 0.15) is 17.4 Å². The highest BCUT2D eigenvalue weighted by molar-refractivity contribution is 7.23. The number of aromatic nitrogens is 1. The minimum absolute atomic E-state index is 0.241. The topological polar surface area (TPSA) is 60.9 Å². The average Bonchev–Trinajstić information content (AvgIpc) is 3.29. The molecule has 0 spiro atoms. The molecule has 2 heterocycles. The van der Waals surface area contributed by atoms with Crippen LogP contribution in [0.1, 0.15) is 12.5 Å². The van der Waals surface area contributed by atoms with Gasteiger partial charge >= 0.3 is 0 Å². The Morgan fingerprint density at radius 1 is 1.06 bits per heavy atom. The van der Waals surface area contributed by atoms with Crippen molar-refractivity contribution in [2.75, 3.05) is 12.0 Å². The van der Waals surface area contributed by atoms with E-state index in [1.807, 2.05) is 55.5 Å². The first-order valence-electron chi connectivity index (χ1n) is 10.5. The Morgan fingerprint density at radius 3 is 2.48 bits per heavy atom. The van der Waals surface area contributed by atoms with Crippen molar-refractivity contribution >= 4 is 44.2 Å². The number of rotatable bonds is 5. The number of thiazole rings is 1. The molecule has 8 heteroatoms. The minimum Gasteiger partial charge on any atom is -0.494 e. The van der Waals surface area contributed by atoms with Gasteiger partial charge in [0, 0.05) is 0 Å². The van der Waals surface area contributed by atoms with E-state index in [4.69, 9.17) is 30.8 Å². The summed E-state index contributed by atoms with van der Waals surface area (Å²) in [5.41, 5.74) is 1.59. The summed E-state index contributed by atoms with van der Waals surface area (Å²) in [6, 6.07) is 20.7. The molecule has 1 aliphatic rings. The van der Waals surface area contributed by atoms with Crippen molar-refractivity contribution in [3.05, 3.63) is 77.3 Å². The Balaban J connectivity index is 1.56. The van der Waals surface area contributed by atoms with Crippen LogP contribution in [0.4, 0.5) is 5.13 Å². The molecule has 0 saturated heterocycles. The Bertz CT molecular complexity index is 1310. The molecule has 168 valence electrons. The van der Waals surface area contributed by atoms with E-state index in [2.05, 4.69) is 0 Å². The number of carbonyl (C=O) groups is 1. The van der Waals surface area contributed by atoms with Gasteiger partial charge in [0.25, 0.3) is 5.91 Å². The number of amides is 1. The third kappa shape index (κ3) is 4.10. The van der Waals surface area contributed by atoms with E-state index in [0.717, 1.165) is 10.3 Å². The third-order valence-corrected chi connectivity index (χ3v) is 6.97. The lowest BCUT2D eigenvalue weighted by atomic mass is 10.1. The first-order chi connectivity index (χ1) is 16.0. The van der Waals surface area contributed by atoms with Crippen molar-refractivity contribution in [2.24, 2.45) is 0 Å². The van der Waals surface area contributed by atoms with Crippen molar-refractivity contribution in [3.63, 3.8) is 0 Å². The average molecular weight is 481 g/mol. The van der Waals surface area contributed by atoms with Crippen LogP contribution in [0.3, 0.4) is 0 Å². The van der Waals surface area contributed by atoms with Gasteiger partial charge in [-0.1, -0.05) is 65.4 Å². The monoisotopic (exact) mass is 480 g/mol. The van der Waals surface area contributed by atoms with Gasteiger partial charge in [0.15, 0.2) is 16.6 Å². The van der Waals surface area contributed by atoms with Gasteiger partial charge < -0.3 is 14.2 Å². The summed E-state index contributed by atoms with van der Waals surface area (Å²) in [6.45, 7) is 2.16. The van der Waals surface area contributed by atoms with Crippen molar-refractivity contribution in [3.8, 4) is 17.2 Å². The van der Waals surface area contributed by atoms with Crippen LogP contribution < -0.4 is 19.1 Å². The molecular formula is C25H21ClN2O4S. The van der Waals surface area contributed by atoms with E-state index in [-0.39, 0.29) is 5.91 Å². The first-order valence-corrected chi connectivity index (χ1v) is 11.7. The number of hydrogen-bond donors (Lipinski definition) is 0. The number of benzene rings is 3. The number of halogens is 1. The van der Waals surface area contributed by atoms with Gasteiger partial charge in [-0.05, 0) is 36.8 Å². The quantitative estimate of drug-likeness (QED) is 0.365. The second-order valence-electron chi connectivity index (χ2n) is 7.64. The highest BCUT2D eigenvalue weighted by Gasteiger charge is 2.38.